The summed E-state index contributed by atoms with van der Waals surface area (Å²) in [6, 6.07) is 70.6. The number of benzene rings is 9. The van der Waals surface area contributed by atoms with Crippen LogP contribution in [0.25, 0.3) is 71.3 Å². The molecule has 1 N–H and O–H groups in total. The molecule has 0 saturated heterocycles. The van der Waals surface area contributed by atoms with Crippen molar-refractivity contribution >= 4 is 60.4 Å². The fourth-order valence-corrected chi connectivity index (χ4v) is 7.94. The second-order valence-electron chi connectivity index (χ2n) is 13.6. The van der Waals surface area contributed by atoms with E-state index in [1.54, 1.807) is 12.1 Å². The molecule has 0 aliphatic carbocycles. The van der Waals surface area contributed by atoms with Crippen molar-refractivity contribution in [3.63, 3.8) is 0 Å². The van der Waals surface area contributed by atoms with Crippen LogP contribution in [0.1, 0.15) is 0 Å². The largest absolute Gasteiger partial charge is 0.508 e. The number of fused-ring (bicyclic) bond motifs is 6. The summed E-state index contributed by atoms with van der Waals surface area (Å²) in [5.74, 6) is 0.242. The van der Waals surface area contributed by atoms with E-state index in [0.29, 0.717) is 0 Å². The lowest BCUT2D eigenvalue weighted by atomic mass is 9.93. The number of hydrogen-bond acceptors (Lipinski definition) is 2. The second-order valence-corrected chi connectivity index (χ2v) is 13.6. The van der Waals surface area contributed by atoms with Crippen molar-refractivity contribution in [2.24, 2.45) is 0 Å². The number of para-hydroxylation sites is 2. The maximum Gasteiger partial charge on any atom is 0.115 e. The van der Waals surface area contributed by atoms with Gasteiger partial charge in [-0.25, -0.2) is 0 Å². The molecule has 1 aromatic heterocycles. The molecule has 0 unspecified atom stereocenters. The molecular formula is C50H34N2O. The Balaban J connectivity index is 1.04. The van der Waals surface area contributed by atoms with Gasteiger partial charge >= 0.3 is 0 Å². The summed E-state index contributed by atoms with van der Waals surface area (Å²) >= 11 is 0. The summed E-state index contributed by atoms with van der Waals surface area (Å²) in [6.07, 6.45) is 0. The van der Waals surface area contributed by atoms with Gasteiger partial charge in [-0.3, -0.25) is 0 Å². The first-order valence-electron chi connectivity index (χ1n) is 18.0. The van der Waals surface area contributed by atoms with Crippen LogP contribution in [0.3, 0.4) is 0 Å². The van der Waals surface area contributed by atoms with Crippen LogP contribution in [0.2, 0.25) is 0 Å². The van der Waals surface area contributed by atoms with Gasteiger partial charge in [-0.15, -0.1) is 0 Å². The van der Waals surface area contributed by atoms with Gasteiger partial charge < -0.3 is 14.6 Å². The van der Waals surface area contributed by atoms with Crippen molar-refractivity contribution in [3.05, 3.63) is 200 Å². The number of nitrogens with zero attached hydrogens (tertiary/aromatic N) is 2. The topological polar surface area (TPSA) is 28.4 Å². The van der Waals surface area contributed by atoms with E-state index in [0.717, 1.165) is 28.3 Å². The number of phenolic OH excluding ortho intramolecular Hbond substituents is 1. The molecule has 3 heteroatoms. The van der Waals surface area contributed by atoms with Crippen molar-refractivity contribution in [1.82, 2.24) is 4.57 Å². The maximum absolute atomic E-state index is 10.2. The number of phenols is 1. The normalized spacial score (nSPS) is 11.5. The molecule has 10 aromatic rings. The summed E-state index contributed by atoms with van der Waals surface area (Å²) in [5.41, 5.74) is 11.3. The smallest absolute Gasteiger partial charge is 0.115 e. The van der Waals surface area contributed by atoms with Crippen LogP contribution in [0, 0.1) is 0 Å². The van der Waals surface area contributed by atoms with Crippen LogP contribution in [0.5, 0.6) is 5.75 Å². The van der Waals surface area contributed by atoms with E-state index in [1.807, 2.05) is 12.1 Å². The van der Waals surface area contributed by atoms with Gasteiger partial charge in [-0.2, -0.15) is 0 Å². The third-order valence-corrected chi connectivity index (χ3v) is 10.5. The Labute approximate surface area is 307 Å². The summed E-state index contributed by atoms with van der Waals surface area (Å²) in [4.78, 5) is 2.24. The first kappa shape index (κ1) is 30.7. The Morgan fingerprint density at radius 3 is 1.60 bits per heavy atom. The van der Waals surface area contributed by atoms with E-state index in [1.165, 1.54) is 60.0 Å². The number of aromatic hydroxyl groups is 1. The Morgan fingerprint density at radius 2 is 0.887 bits per heavy atom. The van der Waals surface area contributed by atoms with Gasteiger partial charge in [-0.1, -0.05) is 115 Å². The highest BCUT2D eigenvalue weighted by molar-refractivity contribution is 6.14. The molecule has 0 spiro atoms. The summed E-state index contributed by atoms with van der Waals surface area (Å²) in [7, 11) is 0. The van der Waals surface area contributed by atoms with Crippen LogP contribution in [0.4, 0.5) is 17.1 Å². The van der Waals surface area contributed by atoms with E-state index in [4.69, 9.17) is 0 Å². The zero-order chi connectivity index (χ0) is 35.3. The minimum Gasteiger partial charge on any atom is -0.508 e. The minimum absolute atomic E-state index is 0.242. The van der Waals surface area contributed by atoms with Gasteiger partial charge in [0.25, 0.3) is 0 Å². The predicted molar refractivity (Wildman–Crippen MR) is 223 cm³/mol. The van der Waals surface area contributed by atoms with Gasteiger partial charge in [0.1, 0.15) is 5.75 Å². The number of hydrogen-bond donors (Lipinski definition) is 1. The van der Waals surface area contributed by atoms with Crippen molar-refractivity contribution in [2.45, 2.75) is 0 Å². The maximum atomic E-state index is 10.2. The lowest BCUT2D eigenvalue weighted by Gasteiger charge is -2.26. The highest BCUT2D eigenvalue weighted by Crippen LogP contribution is 2.40. The van der Waals surface area contributed by atoms with Crippen molar-refractivity contribution in [2.75, 3.05) is 4.90 Å². The summed E-state index contributed by atoms with van der Waals surface area (Å²) in [6.45, 7) is 0. The molecule has 10 rings (SSSR count). The Morgan fingerprint density at radius 1 is 0.358 bits per heavy atom. The third kappa shape index (κ3) is 5.30. The quantitative estimate of drug-likeness (QED) is 0.177. The molecule has 0 radical (unpaired) electrons. The van der Waals surface area contributed by atoms with Gasteiger partial charge in [0, 0.05) is 33.5 Å². The Bertz CT molecular complexity index is 2930. The highest BCUT2D eigenvalue weighted by atomic mass is 16.3. The van der Waals surface area contributed by atoms with Crippen LogP contribution in [0.15, 0.2) is 200 Å². The molecule has 0 aliphatic heterocycles. The molecule has 1 heterocycles. The number of aromatic nitrogens is 1. The zero-order valence-corrected chi connectivity index (χ0v) is 28.9. The molecule has 0 fully saturated rings. The van der Waals surface area contributed by atoms with Gasteiger partial charge in [-0.05, 0) is 129 Å². The van der Waals surface area contributed by atoms with E-state index in [9.17, 15) is 5.11 Å². The van der Waals surface area contributed by atoms with Crippen LogP contribution < -0.4 is 4.90 Å². The van der Waals surface area contributed by atoms with Gasteiger partial charge in [0.2, 0.25) is 0 Å². The molecule has 0 amide bonds. The van der Waals surface area contributed by atoms with Crippen LogP contribution in [-0.4, -0.2) is 9.67 Å². The SMILES string of the molecule is Oc1ccc(N(c2ccc(-c3ccc4c(c3)c3ccccc3n4-c3ccccc3)cc2)c2ccc(-c3cc4ccccc4c4ccccc34)cc2)cc1. The predicted octanol–water partition coefficient (Wildman–Crippen LogP) is 13.6. The van der Waals surface area contributed by atoms with Crippen molar-refractivity contribution in [1.29, 1.82) is 0 Å². The molecule has 250 valence electrons. The van der Waals surface area contributed by atoms with Crippen molar-refractivity contribution in [3.8, 4) is 33.7 Å². The average molecular weight is 679 g/mol. The van der Waals surface area contributed by atoms with Gasteiger partial charge in [0.05, 0.1) is 11.0 Å². The van der Waals surface area contributed by atoms with E-state index in [-0.39, 0.29) is 5.75 Å². The zero-order valence-electron chi connectivity index (χ0n) is 28.9. The Hall–Kier alpha value is -7.10. The fraction of sp³-hybridized carbons (Fsp3) is 0. The lowest BCUT2D eigenvalue weighted by Crippen LogP contribution is -2.09. The lowest BCUT2D eigenvalue weighted by molar-refractivity contribution is 0.475. The molecule has 3 nitrogen and oxygen atoms in total. The molecule has 0 aliphatic rings. The highest BCUT2D eigenvalue weighted by Gasteiger charge is 2.16. The molecule has 0 atom stereocenters. The first-order chi connectivity index (χ1) is 26.2. The second kappa shape index (κ2) is 12.6. The molecular weight excluding hydrogens is 645 g/mol. The summed E-state index contributed by atoms with van der Waals surface area (Å²) < 4.78 is 2.35. The fourth-order valence-electron chi connectivity index (χ4n) is 7.94. The van der Waals surface area contributed by atoms with E-state index >= 15 is 0 Å². The monoisotopic (exact) mass is 678 g/mol. The third-order valence-electron chi connectivity index (χ3n) is 10.5. The first-order valence-corrected chi connectivity index (χ1v) is 18.0. The van der Waals surface area contributed by atoms with Gasteiger partial charge in [0.15, 0.2) is 0 Å². The number of anilines is 3. The van der Waals surface area contributed by atoms with E-state index < -0.39 is 0 Å². The van der Waals surface area contributed by atoms with Crippen LogP contribution in [-0.2, 0) is 0 Å². The average Bonchev–Trinajstić information content (AvgIpc) is 3.56. The van der Waals surface area contributed by atoms with Crippen molar-refractivity contribution < 1.29 is 5.11 Å². The molecule has 0 saturated carbocycles. The molecule has 9 aromatic carbocycles. The van der Waals surface area contributed by atoms with E-state index in [2.05, 4.69) is 185 Å². The molecule has 0 bridgehead atoms. The number of rotatable bonds is 6. The molecule has 53 heavy (non-hydrogen) atoms. The standard InChI is InChI=1S/C50H34N2O/c53-42-29-27-41(28-30-42)51(40-25-20-35(21-26-40)47-33-37-10-4-5-13-43(37)44-14-6-7-15-45(44)47)39-23-18-34(19-24-39)36-22-31-50-48(32-36)46-16-8-9-17-49(46)52(50)38-11-2-1-3-12-38/h1-33,53H. The summed E-state index contributed by atoms with van der Waals surface area (Å²) in [5, 5.41) is 17.6. The Kier molecular flexibility index (Phi) is 7.29. The van der Waals surface area contributed by atoms with Crippen LogP contribution >= 0.6 is 0 Å². The minimum atomic E-state index is 0.242.